The summed E-state index contributed by atoms with van der Waals surface area (Å²) in [6.45, 7) is 4.23. The lowest BCUT2D eigenvalue weighted by Gasteiger charge is -2.08. The normalized spacial score (nSPS) is 10.5. The Labute approximate surface area is 112 Å². The molecule has 0 aliphatic carbocycles. The standard InChI is InChI=1S/C15H15N3O/c1-10(2)11-4-6-12(7-5-11)14-13(8-16)9-18(3)15(19)17-14/h4-7,9-10H,1-3H3. The van der Waals surface area contributed by atoms with Crippen LogP contribution in [0.4, 0.5) is 0 Å². The maximum atomic E-state index is 11.6. The van der Waals surface area contributed by atoms with Crippen LogP contribution < -0.4 is 5.69 Å². The van der Waals surface area contributed by atoms with E-state index in [-0.39, 0.29) is 5.69 Å². The van der Waals surface area contributed by atoms with E-state index in [0.29, 0.717) is 17.2 Å². The Bertz CT molecular complexity index is 691. The third-order valence-corrected chi connectivity index (χ3v) is 3.06. The molecule has 1 aromatic heterocycles. The summed E-state index contributed by atoms with van der Waals surface area (Å²) in [5.74, 6) is 0.445. The van der Waals surface area contributed by atoms with E-state index in [1.165, 1.54) is 16.3 Å². The molecule has 0 bridgehead atoms. The summed E-state index contributed by atoms with van der Waals surface area (Å²) < 4.78 is 1.31. The number of aromatic nitrogens is 2. The molecule has 0 aliphatic rings. The minimum atomic E-state index is -0.359. The highest BCUT2D eigenvalue weighted by Gasteiger charge is 2.09. The van der Waals surface area contributed by atoms with Crippen LogP contribution in [0.25, 0.3) is 11.3 Å². The second-order valence-electron chi connectivity index (χ2n) is 4.79. The molecule has 0 amide bonds. The van der Waals surface area contributed by atoms with Gasteiger partial charge in [-0.1, -0.05) is 38.1 Å². The molecular formula is C15H15N3O. The third-order valence-electron chi connectivity index (χ3n) is 3.06. The lowest BCUT2D eigenvalue weighted by Crippen LogP contribution is -2.20. The number of rotatable bonds is 2. The van der Waals surface area contributed by atoms with Crippen LogP contribution in [0.2, 0.25) is 0 Å². The lowest BCUT2D eigenvalue weighted by atomic mass is 10.00. The van der Waals surface area contributed by atoms with Crippen molar-refractivity contribution >= 4 is 0 Å². The molecule has 19 heavy (non-hydrogen) atoms. The quantitative estimate of drug-likeness (QED) is 0.826. The van der Waals surface area contributed by atoms with Crippen LogP contribution in [0.1, 0.15) is 30.9 Å². The second kappa shape index (κ2) is 5.07. The van der Waals surface area contributed by atoms with Gasteiger partial charge in [-0.05, 0) is 11.5 Å². The Balaban J connectivity index is 2.56. The summed E-state index contributed by atoms with van der Waals surface area (Å²) in [5, 5.41) is 9.13. The van der Waals surface area contributed by atoms with E-state index in [1.54, 1.807) is 7.05 Å². The second-order valence-corrected chi connectivity index (χ2v) is 4.79. The number of benzene rings is 1. The minimum Gasteiger partial charge on any atom is -0.301 e. The van der Waals surface area contributed by atoms with Gasteiger partial charge in [0.2, 0.25) is 0 Å². The summed E-state index contributed by atoms with van der Waals surface area (Å²) in [6, 6.07) is 9.88. The van der Waals surface area contributed by atoms with Gasteiger partial charge in [0.1, 0.15) is 6.07 Å². The SMILES string of the molecule is CC(C)c1ccc(-c2nc(=O)n(C)cc2C#N)cc1. The van der Waals surface area contributed by atoms with Crippen LogP contribution >= 0.6 is 0 Å². The molecule has 0 aliphatic heterocycles. The van der Waals surface area contributed by atoms with E-state index < -0.39 is 0 Å². The van der Waals surface area contributed by atoms with E-state index in [4.69, 9.17) is 5.26 Å². The first-order valence-corrected chi connectivity index (χ1v) is 6.11. The van der Waals surface area contributed by atoms with Crippen molar-refractivity contribution < 1.29 is 0 Å². The molecule has 2 rings (SSSR count). The van der Waals surface area contributed by atoms with Gasteiger partial charge in [0, 0.05) is 18.8 Å². The van der Waals surface area contributed by atoms with Crippen LogP contribution in [0.5, 0.6) is 0 Å². The first-order valence-electron chi connectivity index (χ1n) is 6.11. The number of aryl methyl sites for hydroxylation is 1. The first kappa shape index (κ1) is 13.0. The Morgan fingerprint density at radius 2 is 1.89 bits per heavy atom. The van der Waals surface area contributed by atoms with E-state index in [9.17, 15) is 4.79 Å². The van der Waals surface area contributed by atoms with E-state index in [2.05, 4.69) is 24.9 Å². The van der Waals surface area contributed by atoms with Gasteiger partial charge >= 0.3 is 5.69 Å². The third kappa shape index (κ3) is 2.55. The molecule has 0 spiro atoms. The van der Waals surface area contributed by atoms with Gasteiger partial charge in [-0.25, -0.2) is 4.79 Å². The Kier molecular flexibility index (Phi) is 3.48. The van der Waals surface area contributed by atoms with Crippen molar-refractivity contribution in [2.45, 2.75) is 19.8 Å². The molecule has 1 aromatic carbocycles. The van der Waals surface area contributed by atoms with Gasteiger partial charge < -0.3 is 4.57 Å². The fourth-order valence-corrected chi connectivity index (χ4v) is 1.87. The maximum Gasteiger partial charge on any atom is 0.347 e. The zero-order valence-corrected chi connectivity index (χ0v) is 11.2. The monoisotopic (exact) mass is 253 g/mol. The van der Waals surface area contributed by atoms with Gasteiger partial charge in [0.25, 0.3) is 0 Å². The fraction of sp³-hybridized carbons (Fsp3) is 0.267. The van der Waals surface area contributed by atoms with Gasteiger partial charge in [0.05, 0.1) is 11.3 Å². The predicted molar refractivity (Wildman–Crippen MR) is 73.7 cm³/mol. The largest absolute Gasteiger partial charge is 0.347 e. The predicted octanol–water partition coefficient (Wildman–Crippen LogP) is 2.44. The molecule has 0 unspecified atom stereocenters. The van der Waals surface area contributed by atoms with Crippen molar-refractivity contribution in [2.75, 3.05) is 0 Å². The molecular weight excluding hydrogens is 238 g/mol. The highest BCUT2D eigenvalue weighted by atomic mass is 16.1. The molecule has 4 nitrogen and oxygen atoms in total. The fourth-order valence-electron chi connectivity index (χ4n) is 1.87. The average molecular weight is 253 g/mol. The molecule has 1 heterocycles. The van der Waals surface area contributed by atoms with Gasteiger partial charge in [-0.15, -0.1) is 0 Å². The highest BCUT2D eigenvalue weighted by molar-refractivity contribution is 5.65. The summed E-state index contributed by atoms with van der Waals surface area (Å²) >= 11 is 0. The van der Waals surface area contributed by atoms with Gasteiger partial charge in [0.15, 0.2) is 0 Å². The molecule has 0 radical (unpaired) electrons. The van der Waals surface area contributed by atoms with Crippen LogP contribution in [-0.2, 0) is 7.05 Å². The Morgan fingerprint density at radius 1 is 1.26 bits per heavy atom. The number of hydrogen-bond donors (Lipinski definition) is 0. The van der Waals surface area contributed by atoms with Crippen molar-refractivity contribution in [1.82, 2.24) is 9.55 Å². The zero-order valence-electron chi connectivity index (χ0n) is 11.2. The van der Waals surface area contributed by atoms with Crippen LogP contribution in [-0.4, -0.2) is 9.55 Å². The van der Waals surface area contributed by atoms with E-state index >= 15 is 0 Å². The van der Waals surface area contributed by atoms with E-state index in [1.807, 2.05) is 24.3 Å². The van der Waals surface area contributed by atoms with Crippen molar-refractivity contribution in [1.29, 1.82) is 5.26 Å². The van der Waals surface area contributed by atoms with Crippen molar-refractivity contribution in [2.24, 2.45) is 7.05 Å². The molecule has 0 N–H and O–H groups in total. The van der Waals surface area contributed by atoms with Crippen LogP contribution in [0.3, 0.4) is 0 Å². The van der Waals surface area contributed by atoms with Crippen LogP contribution in [0, 0.1) is 11.3 Å². The van der Waals surface area contributed by atoms with Crippen LogP contribution in [0.15, 0.2) is 35.3 Å². The van der Waals surface area contributed by atoms with E-state index in [0.717, 1.165) is 5.56 Å². The number of nitriles is 1. The topological polar surface area (TPSA) is 58.7 Å². The van der Waals surface area contributed by atoms with Crippen molar-refractivity contribution in [3.8, 4) is 17.3 Å². The first-order chi connectivity index (χ1) is 9.02. The zero-order chi connectivity index (χ0) is 14.0. The molecule has 2 aromatic rings. The average Bonchev–Trinajstić information content (AvgIpc) is 2.41. The molecule has 0 atom stereocenters. The Morgan fingerprint density at radius 3 is 2.42 bits per heavy atom. The molecule has 96 valence electrons. The molecule has 4 heteroatoms. The summed E-state index contributed by atoms with van der Waals surface area (Å²) in [4.78, 5) is 15.6. The number of nitrogens with zero attached hydrogens (tertiary/aromatic N) is 3. The summed E-state index contributed by atoms with van der Waals surface area (Å²) in [5.41, 5.74) is 2.49. The van der Waals surface area contributed by atoms with Crippen molar-refractivity contribution in [3.63, 3.8) is 0 Å². The van der Waals surface area contributed by atoms with Gasteiger partial charge in [-0.2, -0.15) is 10.2 Å². The van der Waals surface area contributed by atoms with Crippen molar-refractivity contribution in [3.05, 3.63) is 52.1 Å². The molecule has 0 saturated carbocycles. The maximum absolute atomic E-state index is 11.6. The summed E-state index contributed by atoms with van der Waals surface area (Å²) in [6.07, 6.45) is 1.51. The van der Waals surface area contributed by atoms with Gasteiger partial charge in [-0.3, -0.25) is 0 Å². The Hall–Kier alpha value is -2.41. The number of hydrogen-bond acceptors (Lipinski definition) is 3. The molecule has 0 saturated heterocycles. The highest BCUT2D eigenvalue weighted by Crippen LogP contribution is 2.22. The molecule has 0 fully saturated rings. The summed E-state index contributed by atoms with van der Waals surface area (Å²) in [7, 11) is 1.59. The lowest BCUT2D eigenvalue weighted by molar-refractivity contribution is 0.809. The minimum absolute atomic E-state index is 0.359. The smallest absolute Gasteiger partial charge is 0.301 e.